The van der Waals surface area contributed by atoms with E-state index in [4.69, 9.17) is 4.74 Å². The molecule has 0 aromatic carbocycles. The number of hydrogen-bond acceptors (Lipinski definition) is 3. The van der Waals surface area contributed by atoms with E-state index < -0.39 is 11.7 Å². The number of nitrogens with one attached hydrogen (secondary N) is 1. The smallest absolute Gasteiger partial charge is 0.412 e. The molecule has 84 valence electrons. The van der Waals surface area contributed by atoms with Gasteiger partial charge in [-0.3, -0.25) is 10.00 Å². The van der Waals surface area contributed by atoms with Crippen LogP contribution in [0.2, 0.25) is 0 Å². The summed E-state index contributed by atoms with van der Waals surface area (Å²) >= 11 is 2.05. The molecular weight excluding hydrogens is 309 g/mol. The van der Waals surface area contributed by atoms with Crippen molar-refractivity contribution in [2.75, 3.05) is 5.32 Å². The number of halogens is 1. The highest BCUT2D eigenvalue weighted by molar-refractivity contribution is 14.1. The summed E-state index contributed by atoms with van der Waals surface area (Å²) in [6.07, 6.45) is 1.26. The maximum Gasteiger partial charge on any atom is 0.412 e. The normalized spacial score (nSPS) is 11.3. The van der Waals surface area contributed by atoms with Crippen LogP contribution in [0.1, 0.15) is 20.8 Å². The molecule has 1 N–H and O–H groups in total. The lowest BCUT2D eigenvalue weighted by atomic mass is 10.2. The van der Waals surface area contributed by atoms with E-state index in [1.54, 1.807) is 17.9 Å². The Kier molecular flexibility index (Phi) is 3.58. The van der Waals surface area contributed by atoms with Crippen LogP contribution in [0.25, 0.3) is 0 Å². The number of nitrogens with zero attached hydrogens (tertiary/aromatic N) is 2. The summed E-state index contributed by atoms with van der Waals surface area (Å²) in [5, 5.41) is 6.73. The van der Waals surface area contributed by atoms with E-state index >= 15 is 0 Å². The Morgan fingerprint density at radius 2 is 2.20 bits per heavy atom. The van der Waals surface area contributed by atoms with Gasteiger partial charge in [-0.15, -0.1) is 0 Å². The van der Waals surface area contributed by atoms with Crippen LogP contribution < -0.4 is 5.32 Å². The van der Waals surface area contributed by atoms with Gasteiger partial charge >= 0.3 is 6.09 Å². The van der Waals surface area contributed by atoms with Crippen LogP contribution >= 0.6 is 22.6 Å². The van der Waals surface area contributed by atoms with Gasteiger partial charge in [-0.05, 0) is 43.4 Å². The number of hydrogen-bond donors (Lipinski definition) is 1. The summed E-state index contributed by atoms with van der Waals surface area (Å²) in [4.78, 5) is 11.4. The van der Waals surface area contributed by atoms with E-state index in [-0.39, 0.29) is 0 Å². The first kappa shape index (κ1) is 12.3. The van der Waals surface area contributed by atoms with Gasteiger partial charge in [-0.1, -0.05) is 0 Å². The van der Waals surface area contributed by atoms with Crippen LogP contribution in [-0.2, 0) is 11.8 Å². The largest absolute Gasteiger partial charge is 0.444 e. The highest BCUT2D eigenvalue weighted by atomic mass is 127. The predicted molar refractivity (Wildman–Crippen MR) is 65.8 cm³/mol. The van der Waals surface area contributed by atoms with Crippen LogP contribution in [-0.4, -0.2) is 21.5 Å². The first-order valence-electron chi connectivity index (χ1n) is 4.47. The molecular formula is C9H14IN3O2. The number of rotatable bonds is 1. The minimum atomic E-state index is -0.488. The number of ether oxygens (including phenoxy) is 1. The Hall–Kier alpha value is -0.790. The molecule has 6 heteroatoms. The number of amides is 1. The van der Waals surface area contributed by atoms with Gasteiger partial charge in [0.2, 0.25) is 0 Å². The molecule has 0 radical (unpaired) electrons. The van der Waals surface area contributed by atoms with Crippen LogP contribution in [0.5, 0.6) is 0 Å². The molecule has 5 nitrogen and oxygen atoms in total. The van der Waals surface area contributed by atoms with Gasteiger partial charge in [0.15, 0.2) is 0 Å². The van der Waals surface area contributed by atoms with Crippen LogP contribution in [0, 0.1) is 3.70 Å². The molecule has 0 fully saturated rings. The number of carbonyl (C=O) groups excluding carboxylic acids is 1. The predicted octanol–water partition coefficient (Wildman–Crippen LogP) is 2.37. The second-order valence-corrected chi connectivity index (χ2v) is 5.16. The van der Waals surface area contributed by atoms with Crippen molar-refractivity contribution in [1.29, 1.82) is 0 Å². The zero-order valence-corrected chi connectivity index (χ0v) is 11.3. The summed E-state index contributed by atoms with van der Waals surface area (Å²) in [5.41, 5.74) is 0.171. The van der Waals surface area contributed by atoms with Gasteiger partial charge in [-0.25, -0.2) is 4.79 Å². The molecule has 0 saturated carbocycles. The monoisotopic (exact) mass is 323 g/mol. The Morgan fingerprint density at radius 1 is 1.60 bits per heavy atom. The van der Waals surface area contributed by atoms with Crippen molar-refractivity contribution in [3.05, 3.63) is 9.90 Å². The third kappa shape index (κ3) is 4.06. The second-order valence-electron chi connectivity index (χ2n) is 4.13. The fraction of sp³-hybridized carbons (Fsp3) is 0.556. The van der Waals surface area contributed by atoms with Crippen LogP contribution in [0.4, 0.5) is 10.5 Å². The zero-order chi connectivity index (χ0) is 11.6. The Labute approximate surface area is 102 Å². The molecule has 0 atom stereocenters. The van der Waals surface area contributed by atoms with Crippen molar-refractivity contribution in [3.63, 3.8) is 0 Å². The molecule has 1 rings (SSSR count). The molecule has 0 aliphatic heterocycles. The van der Waals surface area contributed by atoms with E-state index in [1.807, 2.05) is 43.4 Å². The van der Waals surface area contributed by atoms with Gasteiger partial charge in [0.25, 0.3) is 0 Å². The minimum absolute atomic E-state index is 0.464. The van der Waals surface area contributed by atoms with Crippen molar-refractivity contribution in [3.8, 4) is 0 Å². The van der Waals surface area contributed by atoms with Crippen molar-refractivity contribution in [1.82, 2.24) is 9.78 Å². The Morgan fingerprint density at radius 3 is 2.60 bits per heavy atom. The van der Waals surface area contributed by atoms with Crippen molar-refractivity contribution in [2.45, 2.75) is 26.4 Å². The lowest BCUT2D eigenvalue weighted by Crippen LogP contribution is -2.27. The number of aryl methyl sites for hydroxylation is 1. The maximum absolute atomic E-state index is 11.4. The molecule has 1 aromatic rings. The highest BCUT2D eigenvalue weighted by Gasteiger charge is 2.17. The van der Waals surface area contributed by atoms with Gasteiger partial charge in [0.1, 0.15) is 9.30 Å². The molecule has 0 spiro atoms. The van der Waals surface area contributed by atoms with Crippen LogP contribution in [0.3, 0.4) is 0 Å². The molecule has 1 heterocycles. The summed E-state index contributed by atoms with van der Waals surface area (Å²) in [6.45, 7) is 5.46. The van der Waals surface area contributed by atoms with Crippen molar-refractivity contribution < 1.29 is 9.53 Å². The number of anilines is 1. The summed E-state index contributed by atoms with van der Waals surface area (Å²) in [6, 6.07) is 0. The summed E-state index contributed by atoms with van der Waals surface area (Å²) in [5.74, 6) is 0. The quantitative estimate of drug-likeness (QED) is 0.807. The molecule has 0 aliphatic rings. The second kappa shape index (κ2) is 4.38. The molecule has 0 saturated heterocycles. The lowest BCUT2D eigenvalue weighted by molar-refractivity contribution is 0.0636. The third-order valence-electron chi connectivity index (χ3n) is 1.42. The minimum Gasteiger partial charge on any atom is -0.444 e. The number of aromatic nitrogens is 2. The molecule has 1 amide bonds. The zero-order valence-electron chi connectivity index (χ0n) is 9.17. The number of carbonyl (C=O) groups is 1. The molecule has 0 bridgehead atoms. The average molecular weight is 323 g/mol. The highest BCUT2D eigenvalue weighted by Crippen LogP contribution is 2.16. The van der Waals surface area contributed by atoms with E-state index in [0.29, 0.717) is 5.69 Å². The fourth-order valence-corrected chi connectivity index (χ4v) is 1.57. The van der Waals surface area contributed by atoms with Gasteiger partial charge < -0.3 is 4.74 Å². The van der Waals surface area contributed by atoms with Crippen molar-refractivity contribution in [2.24, 2.45) is 7.05 Å². The first-order chi connectivity index (χ1) is 6.78. The Balaban J connectivity index is 2.63. The standard InChI is InChI=1S/C9H14IN3O2/c1-9(2,3)15-8(14)11-6-5-13(4)12-7(6)10/h5H,1-4H3,(H,11,14). The van der Waals surface area contributed by atoms with Gasteiger partial charge in [-0.2, -0.15) is 5.10 Å². The van der Waals surface area contributed by atoms with Crippen molar-refractivity contribution >= 4 is 34.4 Å². The third-order valence-corrected chi connectivity index (χ3v) is 2.22. The molecule has 1 aromatic heterocycles. The average Bonchev–Trinajstić information content (AvgIpc) is 2.25. The van der Waals surface area contributed by atoms with E-state index in [9.17, 15) is 4.79 Å². The first-order valence-corrected chi connectivity index (χ1v) is 5.55. The lowest BCUT2D eigenvalue weighted by Gasteiger charge is -2.19. The van der Waals surface area contributed by atoms with E-state index in [2.05, 4.69) is 10.4 Å². The van der Waals surface area contributed by atoms with Gasteiger partial charge in [0, 0.05) is 13.2 Å². The fourth-order valence-electron chi connectivity index (χ4n) is 0.959. The molecule has 15 heavy (non-hydrogen) atoms. The topological polar surface area (TPSA) is 56.2 Å². The Bertz CT molecular complexity index is 368. The van der Waals surface area contributed by atoms with E-state index in [0.717, 1.165) is 3.70 Å². The SMILES string of the molecule is Cn1cc(NC(=O)OC(C)(C)C)c(I)n1. The summed E-state index contributed by atoms with van der Waals surface area (Å²) < 4.78 is 7.49. The molecule has 0 unspecified atom stereocenters. The molecule has 0 aliphatic carbocycles. The van der Waals surface area contributed by atoms with Crippen LogP contribution in [0.15, 0.2) is 6.20 Å². The summed E-state index contributed by atoms with van der Waals surface area (Å²) in [7, 11) is 1.79. The van der Waals surface area contributed by atoms with E-state index in [1.165, 1.54) is 0 Å². The maximum atomic E-state index is 11.4. The van der Waals surface area contributed by atoms with Gasteiger partial charge in [0.05, 0.1) is 5.69 Å².